The molecule has 282 valence electrons. The van der Waals surface area contributed by atoms with Crippen LogP contribution in [0.2, 0.25) is 0 Å². The molecule has 3 heterocycles. The smallest absolute Gasteiger partial charge is 0.410 e. The van der Waals surface area contributed by atoms with Crippen molar-refractivity contribution >= 4 is 39.9 Å². The number of amides is 5. The fourth-order valence-corrected chi connectivity index (χ4v) is 8.97. The maximum atomic E-state index is 14.4. The summed E-state index contributed by atoms with van der Waals surface area (Å²) < 4.78 is 53.6. The Morgan fingerprint density at radius 2 is 1.87 bits per heavy atom. The van der Waals surface area contributed by atoms with E-state index in [4.69, 9.17) is 9.47 Å². The third kappa shape index (κ3) is 7.48. The molecule has 5 amide bonds. The molecule has 7 rings (SSSR count). The maximum absolute atomic E-state index is 14.4. The van der Waals surface area contributed by atoms with E-state index in [1.165, 1.54) is 15.9 Å². The summed E-state index contributed by atoms with van der Waals surface area (Å²) in [6.45, 7) is 1.89. The number of hydrogen-bond acceptors (Lipinski definition) is 9. The van der Waals surface area contributed by atoms with Crippen molar-refractivity contribution in [1.82, 2.24) is 25.2 Å². The van der Waals surface area contributed by atoms with E-state index in [2.05, 4.69) is 15.4 Å². The molecular weight excluding hydrogens is 697 g/mol. The average molecular weight is 744 g/mol. The fraction of sp³-hybridized carbons (Fsp3) is 0.639. The number of nitrogens with zero attached hydrogens (tertiary/aromatic N) is 2. The monoisotopic (exact) mass is 743 g/mol. The molecule has 3 N–H and O–H groups in total. The Kier molecular flexibility index (Phi) is 9.72. The number of rotatable bonds is 7. The molecule has 0 unspecified atom stereocenters. The van der Waals surface area contributed by atoms with Crippen molar-refractivity contribution in [3.8, 4) is 0 Å². The second kappa shape index (κ2) is 14.0. The van der Waals surface area contributed by atoms with Crippen molar-refractivity contribution in [2.24, 2.45) is 5.92 Å². The summed E-state index contributed by atoms with van der Waals surface area (Å²) in [5, 5.41) is 4.88. The van der Waals surface area contributed by atoms with Crippen molar-refractivity contribution < 1.29 is 46.3 Å². The van der Waals surface area contributed by atoms with Gasteiger partial charge in [-0.1, -0.05) is 44.1 Å². The zero-order valence-corrected chi connectivity index (χ0v) is 30.1. The van der Waals surface area contributed by atoms with E-state index in [0.717, 1.165) is 25.7 Å². The van der Waals surface area contributed by atoms with E-state index in [-0.39, 0.29) is 38.9 Å². The van der Waals surface area contributed by atoms with Gasteiger partial charge in [-0.15, -0.1) is 0 Å². The largest absolute Gasteiger partial charge is 0.444 e. The summed E-state index contributed by atoms with van der Waals surface area (Å²) in [5.74, 6) is -3.01. The Labute approximate surface area is 302 Å². The number of alkyl carbamates (subject to hydrolysis) is 1. The van der Waals surface area contributed by atoms with Crippen LogP contribution in [0.15, 0.2) is 30.4 Å². The van der Waals surface area contributed by atoms with E-state index in [9.17, 15) is 36.8 Å². The number of sulfonamides is 1. The van der Waals surface area contributed by atoms with E-state index in [0.29, 0.717) is 43.2 Å². The normalized spacial score (nSPS) is 30.3. The van der Waals surface area contributed by atoms with Crippen molar-refractivity contribution in [2.45, 2.75) is 132 Å². The lowest BCUT2D eigenvalue weighted by Crippen LogP contribution is -2.58. The number of nitrogens with one attached hydrogen (secondary N) is 3. The standard InChI is InChI=1S/C36H46FN5O9S/c1-2-35(15-16-35)51-33(46)38-28-12-7-5-3-4-6-10-23-18-36(23,32(45)40-52(48,49)25-13-14-25)39-30(43)29-17-24(20-42(29)31(28)44)50-34(47)41-19-22-9-8-11-27(37)26(22)21-41/h6,8-11,23-25,28-29H,2-5,7,12-21H2,1H3,(H,38,46)(H,39,43)(H,40,45)/b10-6-/t23-,24-,28+,29+,36-/m1/s1. The van der Waals surface area contributed by atoms with Gasteiger partial charge in [-0.2, -0.15) is 0 Å². The minimum atomic E-state index is -3.92. The molecule has 0 spiro atoms. The van der Waals surface area contributed by atoms with Crippen molar-refractivity contribution in [3.05, 3.63) is 47.3 Å². The molecule has 5 atom stereocenters. The Hall–Kier alpha value is -4.21. The lowest BCUT2D eigenvalue weighted by atomic mass is 10.0. The van der Waals surface area contributed by atoms with Gasteiger partial charge >= 0.3 is 12.2 Å². The van der Waals surface area contributed by atoms with E-state index in [1.54, 1.807) is 12.1 Å². The summed E-state index contributed by atoms with van der Waals surface area (Å²) >= 11 is 0. The zero-order valence-electron chi connectivity index (χ0n) is 29.2. The average Bonchev–Trinajstić information content (AvgIpc) is 4.06. The first-order chi connectivity index (χ1) is 24.8. The highest BCUT2D eigenvalue weighted by Crippen LogP contribution is 2.46. The van der Waals surface area contributed by atoms with Crippen LogP contribution < -0.4 is 15.4 Å². The van der Waals surface area contributed by atoms with Gasteiger partial charge in [0.05, 0.1) is 18.3 Å². The minimum absolute atomic E-state index is 0.00375. The molecule has 0 radical (unpaired) electrons. The lowest BCUT2D eigenvalue weighted by Gasteiger charge is -2.30. The van der Waals surface area contributed by atoms with Crippen LogP contribution in [0.4, 0.5) is 14.0 Å². The Bertz CT molecular complexity index is 1780. The molecule has 0 bridgehead atoms. The molecule has 0 aromatic heterocycles. The van der Waals surface area contributed by atoms with Gasteiger partial charge in [0.1, 0.15) is 35.1 Å². The highest BCUT2D eigenvalue weighted by Gasteiger charge is 2.62. The van der Waals surface area contributed by atoms with E-state index in [1.807, 2.05) is 19.1 Å². The van der Waals surface area contributed by atoms with Gasteiger partial charge in [-0.05, 0) is 69.4 Å². The molecule has 3 saturated carbocycles. The number of halogens is 1. The molecule has 3 aliphatic heterocycles. The van der Waals surface area contributed by atoms with Gasteiger partial charge in [-0.3, -0.25) is 24.0 Å². The van der Waals surface area contributed by atoms with Crippen molar-refractivity contribution in [3.63, 3.8) is 0 Å². The maximum Gasteiger partial charge on any atom is 0.410 e. The van der Waals surface area contributed by atoms with Gasteiger partial charge in [0.2, 0.25) is 21.8 Å². The number of carbonyl (C=O) groups excluding carboxylic acids is 5. The third-order valence-corrected chi connectivity index (χ3v) is 13.2. The molecule has 14 nitrogen and oxygen atoms in total. The number of ether oxygens (including phenoxy) is 2. The summed E-state index contributed by atoms with van der Waals surface area (Å²) in [6, 6.07) is 2.35. The van der Waals surface area contributed by atoms with Crippen molar-refractivity contribution in [1.29, 1.82) is 0 Å². The third-order valence-electron chi connectivity index (χ3n) is 11.3. The van der Waals surface area contributed by atoms with E-state index >= 15 is 0 Å². The molecule has 1 saturated heterocycles. The second-order valence-electron chi connectivity index (χ2n) is 15.1. The number of benzene rings is 1. The van der Waals surface area contributed by atoms with Crippen LogP contribution in [0.5, 0.6) is 0 Å². The van der Waals surface area contributed by atoms with Crippen molar-refractivity contribution in [2.75, 3.05) is 6.54 Å². The van der Waals surface area contributed by atoms with Gasteiger partial charge < -0.3 is 25.0 Å². The first-order valence-electron chi connectivity index (χ1n) is 18.4. The Morgan fingerprint density at radius 3 is 2.58 bits per heavy atom. The van der Waals surface area contributed by atoms with E-state index < -0.39 is 86.2 Å². The summed E-state index contributed by atoms with van der Waals surface area (Å²) in [6.07, 6.45) is 7.43. The molecule has 4 fully saturated rings. The van der Waals surface area contributed by atoms with Gasteiger partial charge in [0.25, 0.3) is 5.91 Å². The van der Waals surface area contributed by atoms with Gasteiger partial charge in [-0.25, -0.2) is 22.4 Å². The quantitative estimate of drug-likeness (QED) is 0.354. The second-order valence-corrected chi connectivity index (χ2v) is 17.1. The summed E-state index contributed by atoms with van der Waals surface area (Å²) in [7, 11) is -3.92. The fourth-order valence-electron chi connectivity index (χ4n) is 7.61. The Balaban J connectivity index is 1.13. The Morgan fingerprint density at radius 1 is 1.08 bits per heavy atom. The number of fused-ring (bicyclic) bond motifs is 3. The summed E-state index contributed by atoms with van der Waals surface area (Å²) in [4.78, 5) is 71.2. The number of allylic oxidation sites excluding steroid dienone is 1. The predicted molar refractivity (Wildman–Crippen MR) is 183 cm³/mol. The molecule has 16 heteroatoms. The molecule has 3 aliphatic carbocycles. The van der Waals surface area contributed by atoms with Crippen LogP contribution in [0.1, 0.15) is 95.1 Å². The number of hydrogen-bond donors (Lipinski definition) is 3. The topological polar surface area (TPSA) is 181 Å². The van der Waals surface area contributed by atoms with Gasteiger partial charge in [0, 0.05) is 24.4 Å². The molecular formula is C36H46FN5O9S. The van der Waals surface area contributed by atoms with Crippen LogP contribution in [0.3, 0.4) is 0 Å². The highest BCUT2D eigenvalue weighted by atomic mass is 32.2. The van der Waals surface area contributed by atoms with Crippen LogP contribution in [-0.4, -0.2) is 89.2 Å². The van der Waals surface area contributed by atoms with Crippen LogP contribution >= 0.6 is 0 Å². The molecule has 52 heavy (non-hydrogen) atoms. The summed E-state index contributed by atoms with van der Waals surface area (Å²) in [5.41, 5.74) is -1.05. The SMILES string of the molecule is CCC1(OC(=O)N[C@H]2CCCCC/C=C\[C@@H]3C[C@@]3(C(=O)NS(=O)(=O)C3CC3)NC(=O)[C@@H]3C[C@@H](OC(=O)N4Cc5cccc(F)c5C4)CN3C2=O)CC1. The first-order valence-corrected chi connectivity index (χ1v) is 19.9. The lowest BCUT2D eigenvalue weighted by molar-refractivity contribution is -0.141. The molecule has 6 aliphatic rings. The minimum Gasteiger partial charge on any atom is -0.444 e. The van der Waals surface area contributed by atoms with Crippen LogP contribution in [0.25, 0.3) is 0 Å². The zero-order chi connectivity index (χ0) is 36.8. The predicted octanol–water partition coefficient (Wildman–Crippen LogP) is 3.29. The van der Waals surface area contributed by atoms with Gasteiger partial charge in [0.15, 0.2) is 0 Å². The first kappa shape index (κ1) is 36.2. The number of carbonyl (C=O) groups is 5. The molecule has 1 aromatic carbocycles. The van der Waals surface area contributed by atoms with Crippen LogP contribution in [0, 0.1) is 11.7 Å². The highest BCUT2D eigenvalue weighted by molar-refractivity contribution is 7.91. The molecule has 1 aromatic rings. The van der Waals surface area contributed by atoms with Crippen LogP contribution in [-0.2, 0) is 47.0 Å².